The molecule has 3 rings (SSSR count). The predicted octanol–water partition coefficient (Wildman–Crippen LogP) is 4.53. The highest BCUT2D eigenvalue weighted by atomic mass is 16.5. The summed E-state index contributed by atoms with van der Waals surface area (Å²) in [5.74, 6) is 0.846. The van der Waals surface area contributed by atoms with Crippen molar-refractivity contribution >= 4 is 5.91 Å². The van der Waals surface area contributed by atoms with E-state index in [2.05, 4.69) is 29.6 Å². The zero-order valence-electron chi connectivity index (χ0n) is 14.9. The second-order valence-electron chi connectivity index (χ2n) is 6.17. The Morgan fingerprint density at radius 2 is 1.38 bits per heavy atom. The van der Waals surface area contributed by atoms with Crippen molar-refractivity contribution in [3.05, 3.63) is 102 Å². The van der Waals surface area contributed by atoms with E-state index < -0.39 is 0 Å². The molecule has 3 heteroatoms. The molecule has 0 aromatic heterocycles. The van der Waals surface area contributed by atoms with Gasteiger partial charge in [-0.05, 0) is 17.2 Å². The number of hydrogen-bond donors (Lipinski definition) is 1. The third-order valence-corrected chi connectivity index (χ3v) is 4.46. The van der Waals surface area contributed by atoms with Crippen molar-refractivity contribution in [2.45, 2.75) is 18.9 Å². The van der Waals surface area contributed by atoms with Crippen LogP contribution in [0.1, 0.15) is 29.0 Å². The van der Waals surface area contributed by atoms with Gasteiger partial charge in [0.2, 0.25) is 5.91 Å². The number of methoxy groups -OCH3 is 1. The van der Waals surface area contributed by atoms with E-state index in [4.69, 9.17) is 4.74 Å². The van der Waals surface area contributed by atoms with Crippen LogP contribution in [0.15, 0.2) is 84.9 Å². The minimum absolute atomic E-state index is 0.0219. The molecule has 0 aliphatic rings. The summed E-state index contributed by atoms with van der Waals surface area (Å²) < 4.78 is 5.35. The van der Waals surface area contributed by atoms with Crippen LogP contribution in [0.4, 0.5) is 0 Å². The van der Waals surface area contributed by atoms with E-state index in [-0.39, 0.29) is 11.8 Å². The van der Waals surface area contributed by atoms with E-state index >= 15 is 0 Å². The number of hydrogen-bond acceptors (Lipinski definition) is 2. The number of ether oxygens (including phenoxy) is 1. The van der Waals surface area contributed by atoms with Gasteiger partial charge in [-0.3, -0.25) is 4.79 Å². The van der Waals surface area contributed by atoms with E-state index in [1.54, 1.807) is 7.11 Å². The first-order valence-corrected chi connectivity index (χ1v) is 8.76. The molecule has 0 bridgehead atoms. The number of amides is 1. The fraction of sp³-hybridized carbons (Fsp3) is 0.174. The van der Waals surface area contributed by atoms with Crippen LogP contribution in [0.2, 0.25) is 0 Å². The number of benzene rings is 3. The van der Waals surface area contributed by atoms with Crippen LogP contribution in [0, 0.1) is 0 Å². The molecule has 0 heterocycles. The summed E-state index contributed by atoms with van der Waals surface area (Å²) in [6.45, 7) is 0.457. The maximum absolute atomic E-state index is 12.6. The molecule has 0 saturated carbocycles. The monoisotopic (exact) mass is 345 g/mol. The van der Waals surface area contributed by atoms with E-state index in [0.29, 0.717) is 13.0 Å². The largest absolute Gasteiger partial charge is 0.496 e. The minimum atomic E-state index is 0.0219. The standard InChI is InChI=1S/C23H23NO2/c1-26-22-15-9-8-14-20(22)17-24-23(25)16-21(18-10-4-2-5-11-18)19-12-6-3-7-13-19/h2-15,21H,16-17H2,1H3,(H,24,25). The smallest absolute Gasteiger partial charge is 0.221 e. The van der Waals surface area contributed by atoms with Gasteiger partial charge in [0.1, 0.15) is 5.75 Å². The molecular weight excluding hydrogens is 322 g/mol. The van der Waals surface area contributed by atoms with Gasteiger partial charge in [0, 0.05) is 24.4 Å². The molecule has 0 fully saturated rings. The van der Waals surface area contributed by atoms with Crippen molar-refractivity contribution in [3.8, 4) is 5.75 Å². The lowest BCUT2D eigenvalue weighted by Gasteiger charge is -2.18. The molecule has 0 atom stereocenters. The van der Waals surface area contributed by atoms with Crippen molar-refractivity contribution in [1.82, 2.24) is 5.32 Å². The molecule has 0 radical (unpaired) electrons. The number of carbonyl (C=O) groups excluding carboxylic acids is 1. The van der Waals surface area contributed by atoms with Gasteiger partial charge in [-0.15, -0.1) is 0 Å². The normalized spacial score (nSPS) is 10.5. The second-order valence-corrected chi connectivity index (χ2v) is 6.17. The summed E-state index contributed by atoms with van der Waals surface area (Å²) in [4.78, 5) is 12.6. The zero-order valence-corrected chi connectivity index (χ0v) is 14.9. The molecule has 3 aromatic rings. The van der Waals surface area contributed by atoms with Crippen LogP contribution in [-0.4, -0.2) is 13.0 Å². The van der Waals surface area contributed by atoms with Crippen molar-refractivity contribution in [2.75, 3.05) is 7.11 Å². The molecule has 26 heavy (non-hydrogen) atoms. The average Bonchev–Trinajstić information content (AvgIpc) is 2.72. The van der Waals surface area contributed by atoms with Crippen molar-refractivity contribution in [1.29, 1.82) is 0 Å². The molecule has 3 aromatic carbocycles. The summed E-state index contributed by atoms with van der Waals surface area (Å²) >= 11 is 0. The second kappa shape index (κ2) is 8.86. The van der Waals surface area contributed by atoms with E-state index in [0.717, 1.165) is 22.4 Å². The van der Waals surface area contributed by atoms with Crippen LogP contribution in [-0.2, 0) is 11.3 Å². The number of para-hydroxylation sites is 1. The van der Waals surface area contributed by atoms with Crippen molar-refractivity contribution < 1.29 is 9.53 Å². The average molecular weight is 345 g/mol. The minimum Gasteiger partial charge on any atom is -0.496 e. The van der Waals surface area contributed by atoms with Gasteiger partial charge in [-0.1, -0.05) is 78.9 Å². The predicted molar refractivity (Wildman–Crippen MR) is 104 cm³/mol. The molecule has 0 saturated heterocycles. The fourth-order valence-corrected chi connectivity index (χ4v) is 3.10. The van der Waals surface area contributed by atoms with Gasteiger partial charge in [-0.2, -0.15) is 0 Å². The zero-order chi connectivity index (χ0) is 18.2. The third-order valence-electron chi connectivity index (χ3n) is 4.46. The van der Waals surface area contributed by atoms with Crippen LogP contribution < -0.4 is 10.1 Å². The Labute approximate surface area is 154 Å². The van der Waals surface area contributed by atoms with Crippen molar-refractivity contribution in [3.63, 3.8) is 0 Å². The Hall–Kier alpha value is -3.07. The number of nitrogens with one attached hydrogen (secondary N) is 1. The van der Waals surface area contributed by atoms with Crippen molar-refractivity contribution in [2.24, 2.45) is 0 Å². The van der Waals surface area contributed by atoms with Crippen LogP contribution in [0.25, 0.3) is 0 Å². The first kappa shape index (κ1) is 17.7. The molecule has 0 aliphatic heterocycles. The van der Waals surface area contributed by atoms with Crippen LogP contribution in [0.5, 0.6) is 5.75 Å². The fourth-order valence-electron chi connectivity index (χ4n) is 3.10. The molecule has 0 spiro atoms. The topological polar surface area (TPSA) is 38.3 Å². The molecule has 0 aliphatic carbocycles. The Balaban J connectivity index is 1.72. The highest BCUT2D eigenvalue weighted by molar-refractivity contribution is 5.77. The third kappa shape index (κ3) is 4.51. The molecule has 132 valence electrons. The maximum atomic E-state index is 12.6. The maximum Gasteiger partial charge on any atom is 0.221 e. The quantitative estimate of drug-likeness (QED) is 0.683. The first-order valence-electron chi connectivity index (χ1n) is 8.76. The van der Waals surface area contributed by atoms with Crippen LogP contribution >= 0.6 is 0 Å². The van der Waals surface area contributed by atoms with Gasteiger partial charge in [0.25, 0.3) is 0 Å². The van der Waals surface area contributed by atoms with E-state index in [1.807, 2.05) is 60.7 Å². The highest BCUT2D eigenvalue weighted by Crippen LogP contribution is 2.28. The summed E-state index contributed by atoms with van der Waals surface area (Å²) in [6.07, 6.45) is 0.406. The van der Waals surface area contributed by atoms with Crippen LogP contribution in [0.3, 0.4) is 0 Å². The highest BCUT2D eigenvalue weighted by Gasteiger charge is 2.18. The van der Waals surface area contributed by atoms with Gasteiger partial charge < -0.3 is 10.1 Å². The molecular formula is C23H23NO2. The van der Waals surface area contributed by atoms with Gasteiger partial charge in [-0.25, -0.2) is 0 Å². The van der Waals surface area contributed by atoms with Gasteiger partial charge in [0.05, 0.1) is 7.11 Å². The van der Waals surface area contributed by atoms with Gasteiger partial charge >= 0.3 is 0 Å². The Morgan fingerprint density at radius 3 is 1.96 bits per heavy atom. The summed E-state index contributed by atoms with van der Waals surface area (Å²) in [7, 11) is 1.64. The Morgan fingerprint density at radius 1 is 0.846 bits per heavy atom. The first-order chi connectivity index (χ1) is 12.8. The number of rotatable bonds is 7. The molecule has 1 amide bonds. The Bertz CT molecular complexity index is 792. The van der Waals surface area contributed by atoms with E-state index in [1.165, 1.54) is 0 Å². The molecule has 0 unspecified atom stereocenters. The van der Waals surface area contributed by atoms with E-state index in [9.17, 15) is 4.79 Å². The SMILES string of the molecule is COc1ccccc1CNC(=O)CC(c1ccccc1)c1ccccc1. The number of carbonyl (C=O) groups is 1. The summed E-state index contributed by atoms with van der Waals surface area (Å²) in [5, 5.41) is 3.02. The molecule has 1 N–H and O–H groups in total. The van der Waals surface area contributed by atoms with Gasteiger partial charge in [0.15, 0.2) is 0 Å². The molecule has 3 nitrogen and oxygen atoms in total. The lowest BCUT2D eigenvalue weighted by atomic mass is 9.88. The summed E-state index contributed by atoms with van der Waals surface area (Å²) in [5.41, 5.74) is 3.26. The summed E-state index contributed by atoms with van der Waals surface area (Å²) in [6, 6.07) is 28.1. The lowest BCUT2D eigenvalue weighted by Crippen LogP contribution is -2.25. The lowest BCUT2D eigenvalue weighted by molar-refractivity contribution is -0.121. The Kier molecular flexibility index (Phi) is 6.05.